The van der Waals surface area contributed by atoms with Gasteiger partial charge in [0.15, 0.2) is 0 Å². The molecule has 0 N–H and O–H groups in total. The second-order valence-electron chi connectivity index (χ2n) is 7.44. The first-order chi connectivity index (χ1) is 15.2. The van der Waals surface area contributed by atoms with Crippen molar-refractivity contribution in [2.24, 2.45) is 0 Å². The first kappa shape index (κ1) is 21.0. The molecule has 4 rings (SSSR count). The Balaban J connectivity index is 1.41. The molecule has 1 aliphatic heterocycles. The van der Waals surface area contributed by atoms with Crippen LogP contribution in [0.1, 0.15) is 29.7 Å². The standard InChI is InChI=1S/C27H23ClN2O/c1-2-22-19-21(6-14-27(22)31-18-17-30-15-3-4-16-30)5-12-26-13-9-24(20-29-26)23-7-10-25(28)11-8-23/h1,6-11,13-14,19-20H,3-4,15-18H2. The van der Waals surface area contributed by atoms with E-state index in [1.54, 1.807) is 0 Å². The number of hydrogen-bond acceptors (Lipinski definition) is 3. The fourth-order valence-electron chi connectivity index (χ4n) is 3.55. The Morgan fingerprint density at radius 2 is 1.74 bits per heavy atom. The Labute approximate surface area is 189 Å². The molecule has 0 saturated carbocycles. The molecular weight excluding hydrogens is 404 g/mol. The number of rotatable bonds is 5. The van der Waals surface area contributed by atoms with Crippen LogP contribution in [0.2, 0.25) is 5.02 Å². The Bertz CT molecular complexity index is 1130. The number of nitrogens with zero attached hydrogens (tertiary/aromatic N) is 2. The number of terminal acetylenes is 1. The van der Waals surface area contributed by atoms with E-state index in [-0.39, 0.29) is 0 Å². The van der Waals surface area contributed by atoms with Crippen LogP contribution in [0.3, 0.4) is 0 Å². The summed E-state index contributed by atoms with van der Waals surface area (Å²) in [6.45, 7) is 3.90. The molecule has 154 valence electrons. The predicted molar refractivity (Wildman–Crippen MR) is 126 cm³/mol. The van der Waals surface area contributed by atoms with Gasteiger partial charge in [0.25, 0.3) is 0 Å². The molecule has 0 atom stereocenters. The summed E-state index contributed by atoms with van der Waals surface area (Å²) in [7, 11) is 0. The highest BCUT2D eigenvalue weighted by Gasteiger charge is 2.11. The zero-order valence-corrected chi connectivity index (χ0v) is 18.0. The second-order valence-corrected chi connectivity index (χ2v) is 7.88. The quantitative estimate of drug-likeness (QED) is 0.520. The number of pyridine rings is 1. The summed E-state index contributed by atoms with van der Waals surface area (Å²) >= 11 is 5.95. The lowest BCUT2D eigenvalue weighted by Gasteiger charge is -2.15. The Morgan fingerprint density at radius 3 is 2.45 bits per heavy atom. The fraction of sp³-hybridized carbons (Fsp3) is 0.222. The smallest absolute Gasteiger partial charge is 0.135 e. The van der Waals surface area contributed by atoms with E-state index in [4.69, 9.17) is 22.8 Å². The van der Waals surface area contributed by atoms with Gasteiger partial charge in [0.2, 0.25) is 0 Å². The molecule has 3 nitrogen and oxygen atoms in total. The van der Waals surface area contributed by atoms with Gasteiger partial charge in [0, 0.05) is 28.9 Å². The first-order valence-corrected chi connectivity index (χ1v) is 10.8. The number of likely N-dealkylation sites (tertiary alicyclic amines) is 1. The molecule has 1 saturated heterocycles. The van der Waals surface area contributed by atoms with Crippen molar-refractivity contribution in [3.05, 3.63) is 82.6 Å². The number of benzene rings is 2. The van der Waals surface area contributed by atoms with Crippen LogP contribution in [0.15, 0.2) is 60.8 Å². The van der Waals surface area contributed by atoms with Gasteiger partial charge >= 0.3 is 0 Å². The lowest BCUT2D eigenvalue weighted by Crippen LogP contribution is -2.25. The summed E-state index contributed by atoms with van der Waals surface area (Å²) in [6, 6.07) is 17.3. The number of hydrogen-bond donors (Lipinski definition) is 0. The van der Waals surface area contributed by atoms with Crippen molar-refractivity contribution in [1.29, 1.82) is 0 Å². The summed E-state index contributed by atoms with van der Waals surface area (Å²) in [5, 5.41) is 0.716. The van der Waals surface area contributed by atoms with Gasteiger partial charge in [-0.1, -0.05) is 41.6 Å². The normalized spacial score (nSPS) is 13.3. The molecule has 0 spiro atoms. The van der Waals surface area contributed by atoms with Crippen LogP contribution in [0, 0.1) is 24.2 Å². The molecule has 2 heterocycles. The van der Waals surface area contributed by atoms with Gasteiger partial charge in [0.1, 0.15) is 18.1 Å². The highest BCUT2D eigenvalue weighted by molar-refractivity contribution is 6.30. The van der Waals surface area contributed by atoms with Crippen LogP contribution in [0.4, 0.5) is 0 Å². The van der Waals surface area contributed by atoms with E-state index in [0.717, 1.165) is 47.6 Å². The van der Waals surface area contributed by atoms with Gasteiger partial charge in [-0.25, -0.2) is 4.98 Å². The zero-order valence-electron chi connectivity index (χ0n) is 17.3. The van der Waals surface area contributed by atoms with E-state index < -0.39 is 0 Å². The molecule has 0 aliphatic carbocycles. The second kappa shape index (κ2) is 10.2. The van der Waals surface area contributed by atoms with Crippen LogP contribution in [-0.2, 0) is 0 Å². The largest absolute Gasteiger partial charge is 0.491 e. The molecule has 31 heavy (non-hydrogen) atoms. The van der Waals surface area contributed by atoms with Crippen LogP contribution in [0.5, 0.6) is 5.75 Å². The third kappa shape index (κ3) is 5.68. The minimum absolute atomic E-state index is 0.642. The highest BCUT2D eigenvalue weighted by atomic mass is 35.5. The summed E-state index contributed by atoms with van der Waals surface area (Å²) in [5.41, 5.74) is 4.34. The summed E-state index contributed by atoms with van der Waals surface area (Å²) in [6.07, 6.45) is 10.1. The van der Waals surface area contributed by atoms with Gasteiger partial charge in [-0.05, 0) is 73.8 Å². The van der Waals surface area contributed by atoms with E-state index in [1.165, 1.54) is 12.8 Å². The van der Waals surface area contributed by atoms with Crippen LogP contribution >= 0.6 is 11.6 Å². The molecule has 4 heteroatoms. The maximum atomic E-state index is 5.95. The molecule has 1 aliphatic rings. The minimum Gasteiger partial charge on any atom is -0.491 e. The van der Waals surface area contributed by atoms with Gasteiger partial charge in [0.05, 0.1) is 5.56 Å². The van der Waals surface area contributed by atoms with Gasteiger partial charge in [-0.3, -0.25) is 4.90 Å². The van der Waals surface area contributed by atoms with E-state index in [1.807, 2.05) is 60.8 Å². The van der Waals surface area contributed by atoms with Crippen LogP contribution in [-0.4, -0.2) is 36.1 Å². The molecule has 1 aromatic heterocycles. The Kier molecular flexibility index (Phi) is 6.90. The topological polar surface area (TPSA) is 25.4 Å². The monoisotopic (exact) mass is 426 g/mol. The Morgan fingerprint density at radius 1 is 0.968 bits per heavy atom. The third-order valence-electron chi connectivity index (χ3n) is 5.27. The van der Waals surface area contributed by atoms with E-state index >= 15 is 0 Å². The molecule has 0 unspecified atom stereocenters. The highest BCUT2D eigenvalue weighted by Crippen LogP contribution is 2.21. The summed E-state index contributed by atoms with van der Waals surface area (Å²) in [5.74, 6) is 9.69. The average molecular weight is 427 g/mol. The number of aromatic nitrogens is 1. The lowest BCUT2D eigenvalue weighted by atomic mass is 10.1. The van der Waals surface area contributed by atoms with Crippen molar-refractivity contribution in [3.63, 3.8) is 0 Å². The number of ether oxygens (including phenoxy) is 1. The van der Waals surface area contributed by atoms with Crippen molar-refractivity contribution >= 4 is 11.6 Å². The average Bonchev–Trinajstić information content (AvgIpc) is 3.33. The predicted octanol–water partition coefficient (Wildman–Crippen LogP) is 5.26. The summed E-state index contributed by atoms with van der Waals surface area (Å²) < 4.78 is 5.92. The molecule has 3 aromatic rings. The zero-order chi connectivity index (χ0) is 21.5. The fourth-order valence-corrected chi connectivity index (χ4v) is 3.68. The SMILES string of the molecule is C#Cc1cc(C#Cc2ccc(-c3ccc(Cl)cc3)cn2)ccc1OCCN1CCCC1. The van der Waals surface area contributed by atoms with Gasteiger partial charge < -0.3 is 4.74 Å². The molecule has 1 fully saturated rings. The van der Waals surface area contributed by atoms with Crippen molar-refractivity contribution in [3.8, 4) is 41.1 Å². The maximum absolute atomic E-state index is 5.95. The molecule has 0 amide bonds. The van der Waals surface area contributed by atoms with Gasteiger partial charge in [-0.2, -0.15) is 0 Å². The van der Waals surface area contributed by atoms with Crippen LogP contribution in [0.25, 0.3) is 11.1 Å². The molecular formula is C27H23ClN2O. The lowest BCUT2D eigenvalue weighted by molar-refractivity contribution is 0.237. The molecule has 0 radical (unpaired) electrons. The first-order valence-electron chi connectivity index (χ1n) is 10.4. The van der Waals surface area contributed by atoms with E-state index in [0.29, 0.717) is 17.3 Å². The minimum atomic E-state index is 0.642. The Hall–Kier alpha value is -3.24. The summed E-state index contributed by atoms with van der Waals surface area (Å²) in [4.78, 5) is 6.87. The third-order valence-corrected chi connectivity index (χ3v) is 5.53. The molecule has 0 bridgehead atoms. The van der Waals surface area contributed by atoms with Crippen LogP contribution < -0.4 is 4.74 Å². The van der Waals surface area contributed by atoms with Gasteiger partial charge in [-0.15, -0.1) is 6.42 Å². The van der Waals surface area contributed by atoms with E-state index in [9.17, 15) is 0 Å². The van der Waals surface area contributed by atoms with Crippen molar-refractivity contribution in [2.75, 3.05) is 26.2 Å². The van der Waals surface area contributed by atoms with Crippen molar-refractivity contribution < 1.29 is 4.74 Å². The van der Waals surface area contributed by atoms with Crippen molar-refractivity contribution in [2.45, 2.75) is 12.8 Å². The van der Waals surface area contributed by atoms with Crippen molar-refractivity contribution in [1.82, 2.24) is 9.88 Å². The molecule has 2 aromatic carbocycles. The maximum Gasteiger partial charge on any atom is 0.135 e. The number of halogens is 1. The van der Waals surface area contributed by atoms with E-state index in [2.05, 4.69) is 27.6 Å².